The van der Waals surface area contributed by atoms with Gasteiger partial charge >= 0.3 is 11.9 Å². The molecule has 0 saturated heterocycles. The lowest BCUT2D eigenvalue weighted by molar-refractivity contribution is -0.163. The number of unbranched alkanes of at least 4 members (excludes halogenated alkanes) is 20. The van der Waals surface area contributed by atoms with Crippen LogP contribution in [-0.4, -0.2) is 62.3 Å². The second-order valence-corrected chi connectivity index (χ2v) is 15.8. The lowest BCUT2D eigenvalue weighted by atomic mass is 10.1. The Labute approximate surface area is 304 Å². The molecule has 0 aliphatic rings. The van der Waals surface area contributed by atoms with Crippen molar-refractivity contribution in [1.82, 2.24) is 0 Å². The molecule has 0 rings (SSSR count). The van der Waals surface area contributed by atoms with Gasteiger partial charge in [0.25, 0.3) is 0 Å². The maximum Gasteiger partial charge on any atom is 0.306 e. The average molecular weight is 699 g/mol. The number of hydrogen-bond donors (Lipinski definition) is 0. The predicted molar refractivity (Wildman–Crippen MR) is 204 cm³/mol. The Bertz CT molecular complexity index is 746. The molecule has 0 heterocycles. The first kappa shape index (κ1) is 47.8. The lowest BCUT2D eigenvalue weighted by Crippen LogP contribution is -2.32. The van der Waals surface area contributed by atoms with E-state index >= 15 is 0 Å². The highest BCUT2D eigenvalue weighted by molar-refractivity contribution is 5.70. The third-order valence-electron chi connectivity index (χ3n) is 8.96. The van der Waals surface area contributed by atoms with Crippen LogP contribution in [0.2, 0.25) is 0 Å². The number of carbonyl (C=O) groups excluding carboxylic acids is 2. The van der Waals surface area contributed by atoms with Crippen molar-refractivity contribution in [3.63, 3.8) is 0 Å². The van der Waals surface area contributed by atoms with Gasteiger partial charge in [-0.05, 0) is 53.9 Å². The molecule has 7 heteroatoms. The van der Waals surface area contributed by atoms with Gasteiger partial charge in [-0.25, -0.2) is 0 Å². The van der Waals surface area contributed by atoms with Crippen LogP contribution in [0.25, 0.3) is 0 Å². The smallest absolute Gasteiger partial charge is 0.306 e. The fraction of sp³-hybridized carbons (Fsp3) is 0.952. The molecule has 292 valence electrons. The number of esters is 2. The summed E-state index contributed by atoms with van der Waals surface area (Å²) in [5, 5.41) is 0. The Hall–Kier alpha value is -1.18. The molecule has 0 saturated carbocycles. The molecule has 0 aliphatic heterocycles. The molecule has 49 heavy (non-hydrogen) atoms. The minimum Gasteiger partial charge on any atom is -0.462 e. The fourth-order valence-electron chi connectivity index (χ4n) is 5.75. The van der Waals surface area contributed by atoms with E-state index in [9.17, 15) is 9.59 Å². The number of ether oxygens (including phenoxy) is 5. The van der Waals surface area contributed by atoms with Gasteiger partial charge in [0.2, 0.25) is 0 Å². The molecule has 0 aromatic heterocycles. The lowest BCUT2D eigenvalue weighted by Gasteiger charge is -2.28. The summed E-state index contributed by atoms with van der Waals surface area (Å²) >= 11 is 0. The van der Waals surface area contributed by atoms with E-state index in [-0.39, 0.29) is 36.4 Å². The summed E-state index contributed by atoms with van der Waals surface area (Å²) in [7, 11) is 0. The van der Waals surface area contributed by atoms with Crippen LogP contribution >= 0.6 is 0 Å². The molecule has 0 aromatic carbocycles. The second-order valence-electron chi connectivity index (χ2n) is 15.8. The standard InChI is InChI=1S/C42H82O7/c1-8-10-12-14-16-18-20-22-24-26-28-30-39(43)46-37-38(36-45-34-35-48-42(6,7)32-33-47-41(3,4)5)49-40(44)31-29-27-25-23-21-19-17-15-13-11-9-2/h38H,8-37H2,1-7H3. The van der Waals surface area contributed by atoms with Crippen molar-refractivity contribution in [3.05, 3.63) is 0 Å². The van der Waals surface area contributed by atoms with Crippen molar-refractivity contribution >= 4 is 11.9 Å². The highest BCUT2D eigenvalue weighted by atomic mass is 16.6. The Morgan fingerprint density at radius 2 is 0.918 bits per heavy atom. The third kappa shape index (κ3) is 36.4. The van der Waals surface area contributed by atoms with Crippen molar-refractivity contribution in [1.29, 1.82) is 0 Å². The topological polar surface area (TPSA) is 80.3 Å². The Morgan fingerprint density at radius 1 is 0.490 bits per heavy atom. The number of hydrogen-bond acceptors (Lipinski definition) is 7. The van der Waals surface area contributed by atoms with Gasteiger partial charge in [0.15, 0.2) is 6.10 Å². The van der Waals surface area contributed by atoms with E-state index in [4.69, 9.17) is 23.7 Å². The van der Waals surface area contributed by atoms with Gasteiger partial charge < -0.3 is 23.7 Å². The van der Waals surface area contributed by atoms with E-state index in [2.05, 4.69) is 13.8 Å². The predicted octanol–water partition coefficient (Wildman–Crippen LogP) is 11.9. The van der Waals surface area contributed by atoms with Gasteiger partial charge in [-0.1, -0.05) is 142 Å². The Kier molecular flexibility index (Phi) is 31.9. The van der Waals surface area contributed by atoms with Crippen molar-refractivity contribution in [2.45, 2.75) is 226 Å². The normalized spacial score (nSPS) is 12.7. The number of rotatable bonds is 36. The summed E-state index contributed by atoms with van der Waals surface area (Å²) in [6.45, 7) is 16.4. The molecule has 0 spiro atoms. The van der Waals surface area contributed by atoms with Gasteiger partial charge in [0, 0.05) is 19.4 Å². The second kappa shape index (κ2) is 32.7. The average Bonchev–Trinajstić information content (AvgIpc) is 3.04. The Balaban J connectivity index is 4.41. The molecule has 0 amide bonds. The van der Waals surface area contributed by atoms with E-state index in [0.717, 1.165) is 44.9 Å². The minimum absolute atomic E-state index is 0.0252. The fourth-order valence-corrected chi connectivity index (χ4v) is 5.75. The van der Waals surface area contributed by atoms with Crippen molar-refractivity contribution in [2.75, 3.05) is 33.0 Å². The van der Waals surface area contributed by atoms with Crippen LogP contribution in [0.5, 0.6) is 0 Å². The van der Waals surface area contributed by atoms with Gasteiger partial charge in [-0.2, -0.15) is 0 Å². The summed E-state index contributed by atoms with van der Waals surface area (Å²) in [4.78, 5) is 25.2. The SMILES string of the molecule is CCCCCCCCCCCCCC(=O)OCC(COCCOC(C)(C)CCOC(C)(C)C)OC(=O)CCCCCCCCCCCCC. The molecule has 0 aromatic rings. The van der Waals surface area contributed by atoms with E-state index in [1.165, 1.54) is 103 Å². The zero-order valence-corrected chi connectivity index (χ0v) is 33.6. The summed E-state index contributed by atoms with van der Waals surface area (Å²) in [6, 6.07) is 0. The summed E-state index contributed by atoms with van der Waals surface area (Å²) in [5.74, 6) is -0.480. The van der Waals surface area contributed by atoms with Crippen LogP contribution in [0.15, 0.2) is 0 Å². The van der Waals surface area contributed by atoms with E-state index < -0.39 is 6.10 Å². The molecule has 0 aliphatic carbocycles. The van der Waals surface area contributed by atoms with Crippen LogP contribution < -0.4 is 0 Å². The van der Waals surface area contributed by atoms with Crippen molar-refractivity contribution in [3.8, 4) is 0 Å². The maximum atomic E-state index is 12.7. The molecular weight excluding hydrogens is 616 g/mol. The van der Waals surface area contributed by atoms with Crippen molar-refractivity contribution in [2.24, 2.45) is 0 Å². The number of carbonyl (C=O) groups is 2. The molecule has 1 atom stereocenters. The monoisotopic (exact) mass is 699 g/mol. The van der Waals surface area contributed by atoms with E-state index in [1.807, 2.05) is 34.6 Å². The first-order chi connectivity index (χ1) is 23.5. The largest absolute Gasteiger partial charge is 0.462 e. The summed E-state index contributed by atoms with van der Waals surface area (Å²) < 4.78 is 29.0. The van der Waals surface area contributed by atoms with Crippen LogP contribution in [0.4, 0.5) is 0 Å². The van der Waals surface area contributed by atoms with Gasteiger partial charge in [-0.15, -0.1) is 0 Å². The van der Waals surface area contributed by atoms with Crippen LogP contribution in [0, 0.1) is 0 Å². The summed E-state index contributed by atoms with van der Waals surface area (Å²) in [5.41, 5.74) is -0.506. The van der Waals surface area contributed by atoms with Crippen molar-refractivity contribution < 1.29 is 33.3 Å². The highest BCUT2D eigenvalue weighted by Gasteiger charge is 2.21. The van der Waals surface area contributed by atoms with Crippen LogP contribution in [0.3, 0.4) is 0 Å². The van der Waals surface area contributed by atoms with Gasteiger partial charge in [0.1, 0.15) is 6.61 Å². The third-order valence-corrected chi connectivity index (χ3v) is 8.96. The van der Waals surface area contributed by atoms with E-state index in [0.29, 0.717) is 32.7 Å². The van der Waals surface area contributed by atoms with Gasteiger partial charge in [-0.3, -0.25) is 9.59 Å². The van der Waals surface area contributed by atoms with Crippen LogP contribution in [0.1, 0.15) is 209 Å². The first-order valence-corrected chi connectivity index (χ1v) is 20.7. The molecule has 0 N–H and O–H groups in total. The highest BCUT2D eigenvalue weighted by Crippen LogP contribution is 2.18. The van der Waals surface area contributed by atoms with Gasteiger partial charge in [0.05, 0.1) is 31.0 Å². The molecular formula is C42H82O7. The first-order valence-electron chi connectivity index (χ1n) is 20.7. The minimum atomic E-state index is -0.616. The zero-order chi connectivity index (χ0) is 36.5. The summed E-state index contributed by atoms with van der Waals surface area (Å²) in [6.07, 6.45) is 28.1. The van der Waals surface area contributed by atoms with E-state index in [1.54, 1.807) is 0 Å². The molecule has 7 nitrogen and oxygen atoms in total. The molecule has 0 fully saturated rings. The maximum absolute atomic E-state index is 12.7. The Morgan fingerprint density at radius 3 is 1.37 bits per heavy atom. The van der Waals surface area contributed by atoms with Crippen LogP contribution in [-0.2, 0) is 33.3 Å². The zero-order valence-electron chi connectivity index (χ0n) is 33.6. The molecule has 0 bridgehead atoms. The quantitative estimate of drug-likeness (QED) is 0.0476. The molecule has 1 unspecified atom stereocenters. The molecule has 0 radical (unpaired) electrons.